The summed E-state index contributed by atoms with van der Waals surface area (Å²) in [5, 5.41) is 10.1. The first-order chi connectivity index (χ1) is 17.1. The Morgan fingerprint density at radius 1 is 1.06 bits per heavy atom. The fourth-order valence-electron chi connectivity index (χ4n) is 5.99. The van der Waals surface area contributed by atoms with Crippen LogP contribution in [0.1, 0.15) is 51.4 Å². The number of esters is 1. The van der Waals surface area contributed by atoms with Gasteiger partial charge in [0.05, 0.1) is 24.3 Å². The van der Waals surface area contributed by atoms with Gasteiger partial charge in [0.1, 0.15) is 6.29 Å². The van der Waals surface area contributed by atoms with E-state index in [0.717, 1.165) is 40.5 Å². The third kappa shape index (κ3) is 3.61. The zero-order valence-electron chi connectivity index (χ0n) is 19.5. The summed E-state index contributed by atoms with van der Waals surface area (Å²) in [5.74, 6) is -0.537. The van der Waals surface area contributed by atoms with Gasteiger partial charge in [-0.2, -0.15) is 5.26 Å². The molecule has 0 N–H and O–H groups in total. The van der Waals surface area contributed by atoms with Crippen LogP contribution in [0.4, 0.5) is 0 Å². The van der Waals surface area contributed by atoms with Gasteiger partial charge in [0, 0.05) is 23.7 Å². The average molecular weight is 460 g/mol. The van der Waals surface area contributed by atoms with E-state index in [1.165, 1.54) is 7.11 Å². The molecule has 1 spiro atoms. The molecule has 0 amide bonds. The van der Waals surface area contributed by atoms with Crippen molar-refractivity contribution < 1.29 is 14.3 Å². The number of hydrogen-bond donors (Lipinski definition) is 0. The van der Waals surface area contributed by atoms with Crippen LogP contribution in [0.2, 0.25) is 0 Å². The molecule has 0 fully saturated rings. The molecule has 0 aromatic heterocycles. The maximum Gasteiger partial charge on any atom is 0.337 e. The van der Waals surface area contributed by atoms with Gasteiger partial charge in [-0.15, -0.1) is 0 Å². The minimum atomic E-state index is -0.574. The summed E-state index contributed by atoms with van der Waals surface area (Å²) in [5.41, 5.74) is 5.84. The van der Waals surface area contributed by atoms with E-state index in [2.05, 4.69) is 36.4 Å². The number of nitrogens with zero attached hydrogens (tertiary/aromatic N) is 1. The van der Waals surface area contributed by atoms with Gasteiger partial charge in [-0.1, -0.05) is 78.9 Å². The second-order valence-corrected chi connectivity index (χ2v) is 9.03. The van der Waals surface area contributed by atoms with Crippen LogP contribution in [-0.4, -0.2) is 19.4 Å². The van der Waals surface area contributed by atoms with Crippen LogP contribution in [0.15, 0.2) is 91.0 Å². The normalized spacial score (nSPS) is 22.5. The highest BCUT2D eigenvalue weighted by Crippen LogP contribution is 2.60. The Balaban J connectivity index is 1.75. The van der Waals surface area contributed by atoms with Gasteiger partial charge in [-0.25, -0.2) is 4.79 Å². The standard InChI is InChI=1S/C31H25NO3/c1-35-30(34)23-13-11-22(12-14-23)27-16-15-26(21-7-3-2-4-8-21)29(17-18-33)31(27)19-24(20-32)25-9-5-6-10-28(25)31/h2-15,18-19,27,29H,16-17H2,1H3/t27-,29-,31+/m0/s1. The van der Waals surface area contributed by atoms with Crippen LogP contribution in [0.3, 0.4) is 0 Å². The zero-order valence-corrected chi connectivity index (χ0v) is 19.5. The largest absolute Gasteiger partial charge is 0.465 e. The maximum atomic E-state index is 12.1. The van der Waals surface area contributed by atoms with Crippen LogP contribution < -0.4 is 0 Å². The monoisotopic (exact) mass is 459 g/mol. The molecule has 3 aromatic carbocycles. The molecule has 3 aromatic rings. The van der Waals surface area contributed by atoms with E-state index in [9.17, 15) is 14.9 Å². The third-order valence-corrected chi connectivity index (χ3v) is 7.46. The van der Waals surface area contributed by atoms with E-state index in [0.29, 0.717) is 17.6 Å². The van der Waals surface area contributed by atoms with Crippen molar-refractivity contribution >= 4 is 23.4 Å². The second-order valence-electron chi connectivity index (χ2n) is 9.03. The SMILES string of the molecule is COC(=O)c1ccc([C@@H]2CC=C(c3ccccc3)[C@H](CC=O)[C@]23C=C(C#N)c2ccccc23)cc1. The van der Waals surface area contributed by atoms with Gasteiger partial charge in [0.25, 0.3) is 0 Å². The predicted molar refractivity (Wildman–Crippen MR) is 135 cm³/mol. The van der Waals surface area contributed by atoms with Crippen molar-refractivity contribution in [3.8, 4) is 6.07 Å². The number of allylic oxidation sites excluding steroid dienone is 4. The summed E-state index contributed by atoms with van der Waals surface area (Å²) in [6.45, 7) is 0. The number of aldehydes is 1. The van der Waals surface area contributed by atoms with E-state index in [1.54, 1.807) is 12.1 Å². The topological polar surface area (TPSA) is 67.2 Å². The van der Waals surface area contributed by atoms with E-state index >= 15 is 0 Å². The molecule has 0 unspecified atom stereocenters. The fraction of sp³-hybridized carbons (Fsp3) is 0.194. The van der Waals surface area contributed by atoms with Crippen LogP contribution in [0.5, 0.6) is 0 Å². The lowest BCUT2D eigenvalue weighted by Gasteiger charge is -2.47. The number of benzene rings is 3. The van der Waals surface area contributed by atoms with Crippen LogP contribution in [0, 0.1) is 17.2 Å². The molecule has 0 saturated carbocycles. The summed E-state index contributed by atoms with van der Waals surface area (Å²) in [6.07, 6.45) is 6.41. The van der Waals surface area contributed by atoms with Gasteiger partial charge in [0.15, 0.2) is 0 Å². The first kappa shape index (κ1) is 22.6. The Bertz CT molecular complexity index is 1380. The summed E-state index contributed by atoms with van der Waals surface area (Å²) in [4.78, 5) is 24.1. The van der Waals surface area contributed by atoms with E-state index in [4.69, 9.17) is 4.74 Å². The number of hydrogen-bond acceptors (Lipinski definition) is 4. The molecule has 2 aliphatic carbocycles. The molecule has 0 heterocycles. The fourth-order valence-corrected chi connectivity index (χ4v) is 5.99. The molecule has 0 saturated heterocycles. The third-order valence-electron chi connectivity index (χ3n) is 7.46. The van der Waals surface area contributed by atoms with Gasteiger partial charge in [0.2, 0.25) is 0 Å². The Labute approximate surface area is 205 Å². The summed E-state index contributed by atoms with van der Waals surface area (Å²) < 4.78 is 4.87. The number of carbonyl (C=O) groups excluding carboxylic acids is 2. The number of nitriles is 1. The molecule has 0 bridgehead atoms. The molecule has 0 aliphatic heterocycles. The van der Waals surface area contributed by atoms with Crippen LogP contribution in [-0.2, 0) is 14.9 Å². The zero-order chi connectivity index (χ0) is 24.4. The number of carbonyl (C=O) groups is 2. The Morgan fingerprint density at radius 3 is 2.46 bits per heavy atom. The first-order valence-electron chi connectivity index (χ1n) is 11.7. The van der Waals surface area contributed by atoms with E-state index in [-0.39, 0.29) is 17.8 Å². The minimum absolute atomic E-state index is 0.0152. The summed E-state index contributed by atoms with van der Waals surface area (Å²) >= 11 is 0. The lowest BCUT2D eigenvalue weighted by Crippen LogP contribution is -2.41. The summed E-state index contributed by atoms with van der Waals surface area (Å²) in [6, 6.07) is 28.1. The molecule has 4 heteroatoms. The lowest BCUT2D eigenvalue weighted by molar-refractivity contribution is -0.108. The van der Waals surface area contributed by atoms with Crippen molar-refractivity contribution in [2.75, 3.05) is 7.11 Å². The van der Waals surface area contributed by atoms with Crippen molar-refractivity contribution in [1.29, 1.82) is 5.26 Å². The highest BCUT2D eigenvalue weighted by molar-refractivity contribution is 5.90. The van der Waals surface area contributed by atoms with Crippen LogP contribution >= 0.6 is 0 Å². The van der Waals surface area contributed by atoms with Crippen LogP contribution in [0.25, 0.3) is 11.1 Å². The van der Waals surface area contributed by atoms with Crippen molar-refractivity contribution in [3.63, 3.8) is 0 Å². The Hall–Kier alpha value is -4.23. The maximum absolute atomic E-state index is 12.1. The second kappa shape index (κ2) is 9.19. The molecular formula is C31H25NO3. The van der Waals surface area contributed by atoms with Gasteiger partial charge in [-0.05, 0) is 46.4 Å². The molecule has 3 atom stereocenters. The predicted octanol–water partition coefficient (Wildman–Crippen LogP) is 6.11. The molecular weight excluding hydrogens is 434 g/mol. The van der Waals surface area contributed by atoms with Gasteiger partial charge < -0.3 is 9.53 Å². The Kier molecular flexibility index (Phi) is 5.93. The molecule has 35 heavy (non-hydrogen) atoms. The average Bonchev–Trinajstić information content (AvgIpc) is 3.25. The summed E-state index contributed by atoms with van der Waals surface area (Å²) in [7, 11) is 1.37. The quantitative estimate of drug-likeness (QED) is 0.341. The van der Waals surface area contributed by atoms with Crippen molar-refractivity contribution in [1.82, 2.24) is 0 Å². The van der Waals surface area contributed by atoms with E-state index < -0.39 is 5.41 Å². The Morgan fingerprint density at radius 2 is 1.77 bits per heavy atom. The molecule has 4 nitrogen and oxygen atoms in total. The van der Waals surface area contributed by atoms with Crippen molar-refractivity contribution in [2.45, 2.75) is 24.2 Å². The highest BCUT2D eigenvalue weighted by atomic mass is 16.5. The number of fused-ring (bicyclic) bond motifs is 2. The molecule has 0 radical (unpaired) electrons. The molecule has 2 aliphatic rings. The highest BCUT2D eigenvalue weighted by Gasteiger charge is 2.52. The smallest absolute Gasteiger partial charge is 0.337 e. The number of ether oxygens (including phenoxy) is 1. The lowest BCUT2D eigenvalue weighted by atomic mass is 9.55. The molecule has 5 rings (SSSR count). The number of rotatable bonds is 5. The minimum Gasteiger partial charge on any atom is -0.465 e. The van der Waals surface area contributed by atoms with Crippen molar-refractivity contribution in [2.24, 2.45) is 5.92 Å². The van der Waals surface area contributed by atoms with E-state index in [1.807, 2.05) is 48.5 Å². The van der Waals surface area contributed by atoms with Gasteiger partial charge in [-0.3, -0.25) is 0 Å². The molecule has 172 valence electrons. The number of methoxy groups -OCH3 is 1. The first-order valence-corrected chi connectivity index (χ1v) is 11.7. The van der Waals surface area contributed by atoms with Gasteiger partial charge >= 0.3 is 5.97 Å². The van der Waals surface area contributed by atoms with Crippen molar-refractivity contribution in [3.05, 3.63) is 119 Å².